The summed E-state index contributed by atoms with van der Waals surface area (Å²) < 4.78 is 4.07. The van der Waals surface area contributed by atoms with Crippen molar-refractivity contribution in [3.63, 3.8) is 0 Å². The van der Waals surface area contributed by atoms with Gasteiger partial charge in [-0.25, -0.2) is 0 Å². The second kappa shape index (κ2) is 6.18. The van der Waals surface area contributed by atoms with Crippen LogP contribution in [0.4, 0.5) is 0 Å². The third kappa shape index (κ3) is 2.92. The van der Waals surface area contributed by atoms with Crippen molar-refractivity contribution in [2.24, 2.45) is 0 Å². The molecule has 1 N–H and O–H groups in total. The lowest BCUT2D eigenvalue weighted by Crippen LogP contribution is -2.18. The van der Waals surface area contributed by atoms with E-state index in [9.17, 15) is 0 Å². The zero-order valence-corrected chi connectivity index (χ0v) is 13.3. The molecule has 1 unspecified atom stereocenters. The van der Waals surface area contributed by atoms with E-state index < -0.39 is 0 Å². The summed E-state index contributed by atoms with van der Waals surface area (Å²) in [5.41, 5.74) is 1.95. The Morgan fingerprint density at radius 3 is 2.63 bits per heavy atom. The van der Waals surface area contributed by atoms with Gasteiger partial charge in [0.1, 0.15) is 0 Å². The Labute approximate surface area is 127 Å². The number of halogens is 2. The van der Waals surface area contributed by atoms with E-state index in [0.717, 1.165) is 16.1 Å². The molecule has 0 amide bonds. The average Bonchev–Trinajstić information content (AvgIpc) is 2.85. The van der Waals surface area contributed by atoms with Gasteiger partial charge in [-0.2, -0.15) is 0 Å². The van der Waals surface area contributed by atoms with Crippen molar-refractivity contribution < 1.29 is 0 Å². The standard InChI is InChI=1S/C13H15Cl2N3S/c1-7(2)11-13(19-18-17-11)12(16-3)8-5-4-6-9(14)10(8)15/h4-7,12,16H,1-3H3. The second-order valence-electron chi connectivity index (χ2n) is 4.54. The maximum atomic E-state index is 6.31. The Hall–Kier alpha value is -0.680. The normalized spacial score (nSPS) is 12.9. The van der Waals surface area contributed by atoms with Crippen LogP contribution in [0.25, 0.3) is 0 Å². The summed E-state index contributed by atoms with van der Waals surface area (Å²) in [6.07, 6.45) is 0. The monoisotopic (exact) mass is 315 g/mol. The SMILES string of the molecule is CNC(c1cccc(Cl)c1Cl)c1snnc1C(C)C. The first-order chi connectivity index (χ1) is 9.06. The fourth-order valence-electron chi connectivity index (χ4n) is 1.98. The summed E-state index contributed by atoms with van der Waals surface area (Å²) in [4.78, 5) is 1.08. The minimum absolute atomic E-state index is 0.0383. The van der Waals surface area contributed by atoms with Gasteiger partial charge in [-0.1, -0.05) is 53.7 Å². The number of rotatable bonds is 4. The molecule has 1 aromatic heterocycles. The first-order valence-electron chi connectivity index (χ1n) is 5.99. The van der Waals surface area contributed by atoms with Crippen LogP contribution in [0.15, 0.2) is 18.2 Å². The maximum absolute atomic E-state index is 6.31. The molecular formula is C13H15Cl2N3S. The van der Waals surface area contributed by atoms with Crippen LogP contribution >= 0.6 is 34.7 Å². The molecule has 1 heterocycles. The largest absolute Gasteiger partial charge is 0.309 e. The third-order valence-corrected chi connectivity index (χ3v) is 4.57. The van der Waals surface area contributed by atoms with E-state index in [0.29, 0.717) is 16.0 Å². The fraction of sp³-hybridized carbons (Fsp3) is 0.385. The van der Waals surface area contributed by atoms with Crippen LogP contribution in [-0.2, 0) is 0 Å². The predicted molar refractivity (Wildman–Crippen MR) is 81.4 cm³/mol. The molecule has 0 saturated carbocycles. The highest BCUT2D eigenvalue weighted by Crippen LogP contribution is 2.36. The number of hydrogen-bond acceptors (Lipinski definition) is 4. The molecule has 0 spiro atoms. The molecule has 0 aliphatic carbocycles. The van der Waals surface area contributed by atoms with E-state index in [2.05, 4.69) is 28.8 Å². The Morgan fingerprint density at radius 2 is 2.00 bits per heavy atom. The summed E-state index contributed by atoms with van der Waals surface area (Å²) in [7, 11) is 1.89. The number of aromatic nitrogens is 2. The summed E-state index contributed by atoms with van der Waals surface area (Å²) in [6.45, 7) is 4.21. The van der Waals surface area contributed by atoms with Gasteiger partial charge in [-0.3, -0.25) is 0 Å². The lowest BCUT2D eigenvalue weighted by Gasteiger charge is -2.18. The molecule has 102 valence electrons. The van der Waals surface area contributed by atoms with Crippen LogP contribution in [0.5, 0.6) is 0 Å². The smallest absolute Gasteiger partial charge is 0.0832 e. The minimum atomic E-state index is -0.0383. The first kappa shape index (κ1) is 14.7. The molecular weight excluding hydrogens is 301 g/mol. The summed E-state index contributed by atoms with van der Waals surface area (Å²) in [5, 5.41) is 8.62. The predicted octanol–water partition coefficient (Wildman–Crippen LogP) is 4.28. The molecule has 0 aliphatic rings. The van der Waals surface area contributed by atoms with Gasteiger partial charge in [0, 0.05) is 0 Å². The topological polar surface area (TPSA) is 37.8 Å². The molecule has 1 atom stereocenters. The van der Waals surface area contributed by atoms with Crippen molar-refractivity contribution in [1.82, 2.24) is 14.9 Å². The molecule has 2 aromatic rings. The van der Waals surface area contributed by atoms with Gasteiger partial charge in [-0.05, 0) is 36.1 Å². The van der Waals surface area contributed by atoms with Crippen LogP contribution in [-0.4, -0.2) is 16.6 Å². The van der Waals surface area contributed by atoms with Crippen LogP contribution < -0.4 is 5.32 Å². The molecule has 2 rings (SSSR count). The lowest BCUT2D eigenvalue weighted by atomic mass is 10.0. The van der Waals surface area contributed by atoms with Crippen molar-refractivity contribution in [2.75, 3.05) is 7.05 Å². The third-order valence-electron chi connectivity index (χ3n) is 2.93. The maximum Gasteiger partial charge on any atom is 0.0832 e. The van der Waals surface area contributed by atoms with E-state index in [1.165, 1.54) is 11.5 Å². The van der Waals surface area contributed by atoms with Gasteiger partial charge in [0.25, 0.3) is 0 Å². The van der Waals surface area contributed by atoms with Gasteiger partial charge >= 0.3 is 0 Å². The van der Waals surface area contributed by atoms with Crippen LogP contribution in [0.3, 0.4) is 0 Å². The summed E-state index contributed by atoms with van der Waals surface area (Å²) >= 11 is 13.8. The summed E-state index contributed by atoms with van der Waals surface area (Å²) in [5.74, 6) is 0.322. The van der Waals surface area contributed by atoms with E-state index in [1.54, 1.807) is 6.07 Å². The summed E-state index contributed by atoms with van der Waals surface area (Å²) in [6, 6.07) is 5.62. The number of nitrogens with zero attached hydrogens (tertiary/aromatic N) is 2. The van der Waals surface area contributed by atoms with Crippen molar-refractivity contribution in [2.45, 2.75) is 25.8 Å². The average molecular weight is 316 g/mol. The Kier molecular flexibility index (Phi) is 4.79. The van der Waals surface area contributed by atoms with E-state index in [4.69, 9.17) is 23.2 Å². The highest BCUT2D eigenvalue weighted by molar-refractivity contribution is 7.05. The van der Waals surface area contributed by atoms with Crippen LogP contribution in [0.1, 0.15) is 41.9 Å². The molecule has 0 fully saturated rings. The highest BCUT2D eigenvalue weighted by atomic mass is 35.5. The molecule has 6 heteroatoms. The lowest BCUT2D eigenvalue weighted by molar-refractivity contribution is 0.679. The van der Waals surface area contributed by atoms with Crippen LogP contribution in [0.2, 0.25) is 10.0 Å². The molecule has 0 saturated heterocycles. The van der Waals surface area contributed by atoms with E-state index >= 15 is 0 Å². The van der Waals surface area contributed by atoms with Crippen molar-refractivity contribution in [1.29, 1.82) is 0 Å². The molecule has 19 heavy (non-hydrogen) atoms. The Bertz CT molecular complexity index is 569. The second-order valence-corrected chi connectivity index (χ2v) is 6.11. The fourth-order valence-corrected chi connectivity index (χ4v) is 3.33. The zero-order valence-electron chi connectivity index (χ0n) is 10.9. The quantitative estimate of drug-likeness (QED) is 0.915. The van der Waals surface area contributed by atoms with Gasteiger partial charge in [0.05, 0.1) is 26.7 Å². The number of benzene rings is 1. The van der Waals surface area contributed by atoms with E-state index in [1.807, 2.05) is 19.2 Å². The van der Waals surface area contributed by atoms with Crippen molar-refractivity contribution in [3.8, 4) is 0 Å². The Balaban J connectivity index is 2.50. The van der Waals surface area contributed by atoms with Gasteiger partial charge in [0.2, 0.25) is 0 Å². The van der Waals surface area contributed by atoms with Gasteiger partial charge < -0.3 is 5.32 Å². The van der Waals surface area contributed by atoms with Crippen LogP contribution in [0, 0.1) is 0 Å². The molecule has 0 bridgehead atoms. The molecule has 0 aliphatic heterocycles. The van der Waals surface area contributed by atoms with Crippen molar-refractivity contribution in [3.05, 3.63) is 44.4 Å². The molecule has 3 nitrogen and oxygen atoms in total. The number of nitrogens with one attached hydrogen (secondary N) is 1. The molecule has 0 radical (unpaired) electrons. The van der Waals surface area contributed by atoms with Crippen molar-refractivity contribution >= 4 is 34.7 Å². The Morgan fingerprint density at radius 1 is 1.26 bits per heavy atom. The zero-order chi connectivity index (χ0) is 14.0. The van der Waals surface area contributed by atoms with Gasteiger partial charge in [0.15, 0.2) is 0 Å². The van der Waals surface area contributed by atoms with E-state index in [-0.39, 0.29) is 6.04 Å². The minimum Gasteiger partial charge on any atom is -0.309 e. The van der Waals surface area contributed by atoms with Gasteiger partial charge in [-0.15, -0.1) is 5.10 Å². The number of hydrogen-bond donors (Lipinski definition) is 1. The molecule has 1 aromatic carbocycles. The highest BCUT2D eigenvalue weighted by Gasteiger charge is 2.23. The first-order valence-corrected chi connectivity index (χ1v) is 7.52.